The number of ether oxygens (including phenoxy) is 1. The molecule has 11 heteroatoms. The van der Waals surface area contributed by atoms with E-state index in [0.29, 0.717) is 17.0 Å². The van der Waals surface area contributed by atoms with Crippen LogP contribution in [0.4, 0.5) is 5.69 Å². The Morgan fingerprint density at radius 2 is 1.51 bits per heavy atom. The highest BCUT2D eigenvalue weighted by atomic mass is 32.2. The van der Waals surface area contributed by atoms with E-state index in [1.807, 2.05) is 30.3 Å². The molecule has 3 rings (SSSR count). The first kappa shape index (κ1) is 26.4. The molecule has 0 fully saturated rings. The smallest absolute Gasteiger partial charge is 0.262 e. The monoisotopic (exact) mass is 517 g/mol. The second-order valence-electron chi connectivity index (χ2n) is 7.75. The second-order valence-corrected chi connectivity index (χ2v) is 11.3. The van der Waals surface area contributed by atoms with E-state index < -0.39 is 32.0 Å². The van der Waals surface area contributed by atoms with E-state index in [9.17, 15) is 21.6 Å². The van der Waals surface area contributed by atoms with Crippen molar-refractivity contribution >= 4 is 31.6 Å². The van der Waals surface area contributed by atoms with Crippen molar-refractivity contribution < 1.29 is 26.4 Å². The number of hydrogen-bond acceptors (Lipinski definition) is 6. The zero-order valence-electron chi connectivity index (χ0n) is 19.5. The van der Waals surface area contributed by atoms with E-state index in [1.165, 1.54) is 43.4 Å². The molecule has 0 aromatic heterocycles. The van der Waals surface area contributed by atoms with Crippen LogP contribution >= 0.6 is 0 Å². The Hall–Kier alpha value is -3.25. The average molecular weight is 518 g/mol. The largest absolute Gasteiger partial charge is 0.484 e. The third kappa shape index (κ3) is 6.89. The topological polar surface area (TPSA) is 131 Å². The van der Waals surface area contributed by atoms with Gasteiger partial charge in [-0.15, -0.1) is 0 Å². The van der Waals surface area contributed by atoms with Gasteiger partial charge in [-0.05, 0) is 68.4 Å². The third-order valence-electron chi connectivity index (χ3n) is 5.20. The molecule has 0 aliphatic rings. The standard InChI is InChI=1S/C24H27N3O6S2/c1-17-9-12-22(34(29,30)25-3)15-23(17)26-24(28)16-33-20-10-13-21(14-11-20)35(31,32)27-18(2)19-7-5-4-6-8-19/h4-15,18,25,27H,16H2,1-3H3,(H,26,28). The van der Waals surface area contributed by atoms with Crippen LogP contribution in [0.2, 0.25) is 0 Å². The normalized spacial score (nSPS) is 12.7. The average Bonchev–Trinajstić information content (AvgIpc) is 2.84. The van der Waals surface area contributed by atoms with E-state index in [4.69, 9.17) is 4.74 Å². The van der Waals surface area contributed by atoms with Gasteiger partial charge in [-0.3, -0.25) is 4.79 Å². The molecule has 1 atom stereocenters. The molecular formula is C24H27N3O6S2. The van der Waals surface area contributed by atoms with Crippen LogP contribution in [0.15, 0.2) is 82.6 Å². The van der Waals surface area contributed by atoms with Crippen molar-refractivity contribution in [2.24, 2.45) is 0 Å². The fraction of sp³-hybridized carbons (Fsp3) is 0.208. The lowest BCUT2D eigenvalue weighted by atomic mass is 10.1. The number of amides is 1. The zero-order valence-corrected chi connectivity index (χ0v) is 21.1. The van der Waals surface area contributed by atoms with Crippen LogP contribution < -0.4 is 19.5 Å². The summed E-state index contributed by atoms with van der Waals surface area (Å²) in [6, 6.07) is 18.9. The summed E-state index contributed by atoms with van der Waals surface area (Å²) in [4.78, 5) is 12.4. The van der Waals surface area contributed by atoms with Crippen LogP contribution in [0.1, 0.15) is 24.1 Å². The van der Waals surface area contributed by atoms with Gasteiger partial charge in [0.15, 0.2) is 6.61 Å². The zero-order chi connectivity index (χ0) is 25.6. The fourth-order valence-electron chi connectivity index (χ4n) is 3.18. The maximum absolute atomic E-state index is 12.7. The van der Waals surface area contributed by atoms with Gasteiger partial charge in [-0.1, -0.05) is 36.4 Å². The number of anilines is 1. The highest BCUT2D eigenvalue weighted by molar-refractivity contribution is 7.89. The summed E-state index contributed by atoms with van der Waals surface area (Å²) in [5.74, 6) is -0.194. The molecule has 0 saturated heterocycles. The lowest BCUT2D eigenvalue weighted by Crippen LogP contribution is -2.26. The quantitative estimate of drug-likeness (QED) is 0.379. The van der Waals surface area contributed by atoms with Crippen molar-refractivity contribution in [3.8, 4) is 5.75 Å². The lowest BCUT2D eigenvalue weighted by molar-refractivity contribution is -0.118. The van der Waals surface area contributed by atoms with E-state index in [2.05, 4.69) is 14.8 Å². The summed E-state index contributed by atoms with van der Waals surface area (Å²) >= 11 is 0. The van der Waals surface area contributed by atoms with Gasteiger partial charge >= 0.3 is 0 Å². The maximum atomic E-state index is 12.7. The SMILES string of the molecule is CNS(=O)(=O)c1ccc(C)c(NC(=O)COc2ccc(S(=O)(=O)NC(C)c3ccccc3)cc2)c1. The Labute approximate surface area is 205 Å². The van der Waals surface area contributed by atoms with Crippen molar-refractivity contribution in [2.45, 2.75) is 29.7 Å². The summed E-state index contributed by atoms with van der Waals surface area (Å²) in [7, 11) is -6.11. The highest BCUT2D eigenvalue weighted by Gasteiger charge is 2.19. The summed E-state index contributed by atoms with van der Waals surface area (Å²) in [5, 5.41) is 2.63. The molecule has 186 valence electrons. The Morgan fingerprint density at radius 1 is 0.886 bits per heavy atom. The first-order valence-corrected chi connectivity index (χ1v) is 13.6. The molecule has 3 N–H and O–H groups in total. The molecule has 0 radical (unpaired) electrons. The Balaban J connectivity index is 1.60. The summed E-state index contributed by atoms with van der Waals surface area (Å²) in [6.07, 6.45) is 0. The number of aryl methyl sites for hydroxylation is 1. The predicted octanol–water partition coefficient (Wildman–Crippen LogP) is 2.96. The van der Waals surface area contributed by atoms with Gasteiger partial charge in [0.2, 0.25) is 20.0 Å². The Morgan fingerprint density at radius 3 is 2.14 bits per heavy atom. The van der Waals surface area contributed by atoms with Crippen LogP contribution in [0, 0.1) is 6.92 Å². The number of carbonyl (C=O) groups excluding carboxylic acids is 1. The molecular weight excluding hydrogens is 490 g/mol. The van der Waals surface area contributed by atoms with Gasteiger partial charge in [-0.25, -0.2) is 26.3 Å². The van der Waals surface area contributed by atoms with E-state index in [0.717, 1.165) is 5.56 Å². The van der Waals surface area contributed by atoms with Crippen LogP contribution in [-0.4, -0.2) is 36.4 Å². The van der Waals surface area contributed by atoms with Crippen LogP contribution in [0.25, 0.3) is 0 Å². The summed E-state index contributed by atoms with van der Waals surface area (Å²) in [6.45, 7) is 3.14. The number of carbonyl (C=O) groups is 1. The minimum Gasteiger partial charge on any atom is -0.484 e. The number of sulfonamides is 2. The number of hydrogen-bond donors (Lipinski definition) is 3. The Kier molecular flexibility index (Phi) is 8.28. The van der Waals surface area contributed by atoms with Crippen LogP contribution in [0.3, 0.4) is 0 Å². The maximum Gasteiger partial charge on any atom is 0.262 e. The van der Waals surface area contributed by atoms with Crippen molar-refractivity contribution in [1.82, 2.24) is 9.44 Å². The molecule has 35 heavy (non-hydrogen) atoms. The highest BCUT2D eigenvalue weighted by Crippen LogP contribution is 2.21. The molecule has 0 aliphatic carbocycles. The van der Waals surface area contributed by atoms with Crippen molar-refractivity contribution in [2.75, 3.05) is 19.0 Å². The molecule has 0 saturated carbocycles. The van der Waals surface area contributed by atoms with Crippen molar-refractivity contribution in [1.29, 1.82) is 0 Å². The third-order valence-corrected chi connectivity index (χ3v) is 8.17. The minimum atomic E-state index is -3.76. The summed E-state index contributed by atoms with van der Waals surface area (Å²) in [5.41, 5.74) is 1.86. The van der Waals surface area contributed by atoms with Gasteiger partial charge in [0.1, 0.15) is 5.75 Å². The predicted molar refractivity (Wildman–Crippen MR) is 133 cm³/mol. The van der Waals surface area contributed by atoms with E-state index in [1.54, 1.807) is 19.9 Å². The molecule has 0 spiro atoms. The first-order chi connectivity index (χ1) is 16.5. The van der Waals surface area contributed by atoms with Crippen molar-refractivity contribution in [3.63, 3.8) is 0 Å². The molecule has 0 aliphatic heterocycles. The molecule has 9 nitrogen and oxygen atoms in total. The Bertz CT molecular complexity index is 1390. The second kappa shape index (κ2) is 11.0. The summed E-state index contributed by atoms with van der Waals surface area (Å²) < 4.78 is 59.7. The molecule has 1 amide bonds. The van der Waals surface area contributed by atoms with Crippen molar-refractivity contribution in [3.05, 3.63) is 83.9 Å². The number of nitrogens with one attached hydrogen (secondary N) is 3. The van der Waals surface area contributed by atoms with Gasteiger partial charge in [0.05, 0.1) is 9.79 Å². The number of rotatable bonds is 10. The van der Waals surface area contributed by atoms with Crippen LogP contribution in [0.5, 0.6) is 5.75 Å². The van der Waals surface area contributed by atoms with Gasteiger partial charge < -0.3 is 10.1 Å². The van der Waals surface area contributed by atoms with Gasteiger partial charge in [0, 0.05) is 11.7 Å². The van der Waals surface area contributed by atoms with E-state index >= 15 is 0 Å². The first-order valence-electron chi connectivity index (χ1n) is 10.7. The minimum absolute atomic E-state index is 0.0220. The van der Waals surface area contributed by atoms with Gasteiger partial charge in [-0.2, -0.15) is 0 Å². The molecule has 3 aromatic rings. The van der Waals surface area contributed by atoms with E-state index in [-0.39, 0.29) is 16.4 Å². The fourth-order valence-corrected chi connectivity index (χ4v) is 5.17. The molecule has 1 unspecified atom stereocenters. The van der Waals surface area contributed by atoms with Crippen LogP contribution in [-0.2, 0) is 24.8 Å². The molecule has 0 bridgehead atoms. The number of benzene rings is 3. The lowest BCUT2D eigenvalue weighted by Gasteiger charge is -2.15. The van der Waals surface area contributed by atoms with Gasteiger partial charge in [0.25, 0.3) is 5.91 Å². The molecule has 3 aromatic carbocycles. The molecule has 0 heterocycles.